The third-order valence-electron chi connectivity index (χ3n) is 3.48. The number of methoxy groups -OCH3 is 1. The molecule has 1 atom stereocenters. The van der Waals surface area contributed by atoms with Crippen molar-refractivity contribution in [2.24, 2.45) is 5.92 Å². The zero-order chi connectivity index (χ0) is 15.0. The highest BCUT2D eigenvalue weighted by atomic mass is 32.1. The Morgan fingerprint density at radius 2 is 2.20 bits per heavy atom. The summed E-state index contributed by atoms with van der Waals surface area (Å²) in [5, 5.41) is 2.15. The lowest BCUT2D eigenvalue weighted by atomic mass is 9.94. The first-order valence-corrected chi connectivity index (χ1v) is 6.98. The zero-order valence-corrected chi connectivity index (χ0v) is 11.9. The topological polar surface area (TPSA) is 51.2 Å². The second kappa shape index (κ2) is 5.33. The monoisotopic (exact) mass is 308 g/mol. The van der Waals surface area contributed by atoms with Crippen molar-refractivity contribution in [1.29, 1.82) is 0 Å². The number of nitrogens with zero attached hydrogens (tertiary/aromatic N) is 1. The van der Waals surface area contributed by atoms with Crippen molar-refractivity contribution in [2.75, 3.05) is 7.11 Å². The molecule has 20 heavy (non-hydrogen) atoms. The number of alkyl halides is 3. The number of ether oxygens (including phenoxy) is 1. The summed E-state index contributed by atoms with van der Waals surface area (Å²) < 4.78 is 44.5. The number of carbonyl (C=O) groups is 1. The highest BCUT2D eigenvalue weighted by Crippen LogP contribution is 2.48. The van der Waals surface area contributed by atoms with Crippen molar-refractivity contribution in [3.05, 3.63) is 16.1 Å². The number of thiazole rings is 1. The maximum absolute atomic E-state index is 13.2. The summed E-state index contributed by atoms with van der Waals surface area (Å²) in [6.45, 7) is 1.14. The number of amides is 1. The Hall–Kier alpha value is -1.15. The fourth-order valence-electron chi connectivity index (χ4n) is 2.05. The van der Waals surface area contributed by atoms with Gasteiger partial charge in [-0.25, -0.2) is 4.98 Å². The molecule has 1 aliphatic rings. The fraction of sp³-hybridized carbons (Fsp3) is 0.667. The third-order valence-corrected chi connectivity index (χ3v) is 4.35. The van der Waals surface area contributed by atoms with E-state index in [2.05, 4.69) is 10.3 Å². The minimum atomic E-state index is -4.48. The number of rotatable bonds is 5. The first-order chi connectivity index (χ1) is 9.29. The smallest absolute Gasteiger partial charge is 0.378 e. The quantitative estimate of drug-likeness (QED) is 0.910. The molecule has 0 bridgehead atoms. The van der Waals surface area contributed by atoms with Crippen LogP contribution in [0.25, 0.3) is 0 Å². The Labute approximate surface area is 118 Å². The minimum Gasteiger partial charge on any atom is -0.378 e. The van der Waals surface area contributed by atoms with Crippen molar-refractivity contribution in [1.82, 2.24) is 10.3 Å². The Kier molecular flexibility index (Phi) is 4.06. The van der Waals surface area contributed by atoms with Gasteiger partial charge in [0.15, 0.2) is 0 Å². The van der Waals surface area contributed by atoms with Gasteiger partial charge in [-0.3, -0.25) is 4.79 Å². The van der Waals surface area contributed by atoms with E-state index in [-0.39, 0.29) is 11.5 Å². The summed E-state index contributed by atoms with van der Waals surface area (Å²) in [6.07, 6.45) is -3.52. The van der Waals surface area contributed by atoms with E-state index >= 15 is 0 Å². The van der Waals surface area contributed by atoms with Gasteiger partial charge in [-0.1, -0.05) is 0 Å². The van der Waals surface area contributed by atoms with Crippen LogP contribution < -0.4 is 5.32 Å². The SMILES string of the molecule is COCc1ncsc1C(=O)NC(C)(C1CC1)C(F)(F)F. The van der Waals surface area contributed by atoms with E-state index in [1.54, 1.807) is 0 Å². The summed E-state index contributed by atoms with van der Waals surface area (Å²) in [5.74, 6) is -1.29. The van der Waals surface area contributed by atoms with Crippen LogP contribution >= 0.6 is 11.3 Å². The Bertz CT molecular complexity index is 499. The van der Waals surface area contributed by atoms with Gasteiger partial charge < -0.3 is 10.1 Å². The average molecular weight is 308 g/mol. The van der Waals surface area contributed by atoms with Gasteiger partial charge in [0.1, 0.15) is 10.4 Å². The molecule has 0 aliphatic heterocycles. The Balaban J connectivity index is 2.19. The van der Waals surface area contributed by atoms with Crippen molar-refractivity contribution in [2.45, 2.75) is 38.1 Å². The fourth-order valence-corrected chi connectivity index (χ4v) is 2.74. The van der Waals surface area contributed by atoms with Gasteiger partial charge in [-0.2, -0.15) is 13.2 Å². The summed E-state index contributed by atoms with van der Waals surface area (Å²) in [4.78, 5) is 16.2. The summed E-state index contributed by atoms with van der Waals surface area (Å²) in [6, 6.07) is 0. The molecule has 4 nitrogen and oxygen atoms in total. The average Bonchev–Trinajstić information content (AvgIpc) is 3.09. The molecule has 0 aromatic carbocycles. The zero-order valence-electron chi connectivity index (χ0n) is 11.1. The largest absolute Gasteiger partial charge is 0.411 e. The van der Waals surface area contributed by atoms with E-state index < -0.39 is 23.5 Å². The van der Waals surface area contributed by atoms with Crippen LogP contribution in [0, 0.1) is 5.92 Å². The normalized spacial score (nSPS) is 18.6. The Morgan fingerprint density at radius 3 is 2.70 bits per heavy atom. The molecule has 8 heteroatoms. The van der Waals surface area contributed by atoms with Gasteiger partial charge in [0.25, 0.3) is 5.91 Å². The van der Waals surface area contributed by atoms with E-state index in [1.165, 1.54) is 12.6 Å². The molecular weight excluding hydrogens is 293 g/mol. The molecule has 1 saturated carbocycles. The summed E-state index contributed by atoms with van der Waals surface area (Å²) in [5.41, 5.74) is -0.403. The highest BCUT2D eigenvalue weighted by Gasteiger charge is 2.60. The molecular formula is C12H15F3N2O2S. The molecule has 2 rings (SSSR count). The van der Waals surface area contributed by atoms with Gasteiger partial charge in [0.05, 0.1) is 17.8 Å². The standard InChI is InChI=1S/C12H15F3N2O2S/c1-11(7-3-4-7,12(13,14)15)17-10(18)9-8(5-19-2)16-6-20-9/h6-7H,3-5H2,1-2H3,(H,17,18). The van der Waals surface area contributed by atoms with E-state index in [0.29, 0.717) is 18.5 Å². The highest BCUT2D eigenvalue weighted by molar-refractivity contribution is 7.11. The summed E-state index contributed by atoms with van der Waals surface area (Å²) >= 11 is 1.01. The number of hydrogen-bond acceptors (Lipinski definition) is 4. The first kappa shape index (κ1) is 15.2. The van der Waals surface area contributed by atoms with E-state index in [9.17, 15) is 18.0 Å². The lowest BCUT2D eigenvalue weighted by Gasteiger charge is -2.33. The number of nitrogens with one attached hydrogen (secondary N) is 1. The molecule has 1 N–H and O–H groups in total. The molecule has 1 aromatic heterocycles. The molecule has 0 spiro atoms. The van der Waals surface area contributed by atoms with E-state index in [0.717, 1.165) is 18.3 Å². The lowest BCUT2D eigenvalue weighted by molar-refractivity contribution is -0.194. The minimum absolute atomic E-state index is 0.0956. The predicted octanol–water partition coefficient (Wildman–Crippen LogP) is 2.75. The van der Waals surface area contributed by atoms with Crippen LogP contribution in [0.5, 0.6) is 0 Å². The molecule has 1 aliphatic carbocycles. The van der Waals surface area contributed by atoms with Gasteiger partial charge in [0, 0.05) is 7.11 Å². The van der Waals surface area contributed by atoms with Crippen molar-refractivity contribution < 1.29 is 22.7 Å². The second-order valence-corrected chi connectivity index (χ2v) is 5.84. The van der Waals surface area contributed by atoms with Crippen molar-refractivity contribution in [3.8, 4) is 0 Å². The molecule has 1 amide bonds. The maximum Gasteiger partial charge on any atom is 0.411 e. The van der Waals surface area contributed by atoms with Gasteiger partial charge in [0.2, 0.25) is 0 Å². The molecule has 0 radical (unpaired) electrons. The maximum atomic E-state index is 13.2. The van der Waals surface area contributed by atoms with Gasteiger partial charge >= 0.3 is 6.18 Å². The molecule has 0 saturated heterocycles. The molecule has 1 fully saturated rings. The van der Waals surface area contributed by atoms with Crippen LogP contribution in [-0.4, -0.2) is 29.7 Å². The third kappa shape index (κ3) is 2.80. The lowest BCUT2D eigenvalue weighted by Crippen LogP contribution is -2.58. The summed E-state index contributed by atoms with van der Waals surface area (Å²) in [7, 11) is 1.44. The Morgan fingerprint density at radius 1 is 1.55 bits per heavy atom. The van der Waals surface area contributed by atoms with E-state index in [4.69, 9.17) is 4.74 Å². The number of halogens is 3. The molecule has 1 aromatic rings. The van der Waals surface area contributed by atoms with Crippen LogP contribution in [0.2, 0.25) is 0 Å². The van der Waals surface area contributed by atoms with Crippen LogP contribution in [-0.2, 0) is 11.3 Å². The molecule has 1 heterocycles. The van der Waals surface area contributed by atoms with Crippen LogP contribution in [0.15, 0.2) is 5.51 Å². The molecule has 1 unspecified atom stereocenters. The van der Waals surface area contributed by atoms with Gasteiger partial charge in [-0.15, -0.1) is 11.3 Å². The number of hydrogen-bond donors (Lipinski definition) is 1. The molecule has 112 valence electrons. The predicted molar refractivity (Wildman–Crippen MR) is 67.5 cm³/mol. The second-order valence-electron chi connectivity index (χ2n) is 4.99. The van der Waals surface area contributed by atoms with E-state index in [1.807, 2.05) is 0 Å². The van der Waals surface area contributed by atoms with Crippen LogP contribution in [0.1, 0.15) is 35.1 Å². The number of aromatic nitrogens is 1. The van der Waals surface area contributed by atoms with Crippen molar-refractivity contribution in [3.63, 3.8) is 0 Å². The first-order valence-electron chi connectivity index (χ1n) is 6.10. The van der Waals surface area contributed by atoms with Crippen LogP contribution in [0.3, 0.4) is 0 Å². The van der Waals surface area contributed by atoms with Gasteiger partial charge in [-0.05, 0) is 25.7 Å². The van der Waals surface area contributed by atoms with Crippen molar-refractivity contribution >= 4 is 17.2 Å². The van der Waals surface area contributed by atoms with Crippen LogP contribution in [0.4, 0.5) is 13.2 Å². The number of carbonyl (C=O) groups excluding carboxylic acids is 1.